The number of ether oxygens (including phenoxy) is 1. The van der Waals surface area contributed by atoms with Crippen LogP contribution >= 0.6 is 0 Å². The lowest BCUT2D eigenvalue weighted by Crippen LogP contribution is -2.37. The van der Waals surface area contributed by atoms with Crippen molar-refractivity contribution in [3.63, 3.8) is 0 Å². The number of aliphatic hydroxyl groups excluding tert-OH is 2. The molecule has 0 radical (unpaired) electrons. The molecule has 4 rings (SSSR count). The lowest BCUT2D eigenvalue weighted by molar-refractivity contribution is 0.0930. The monoisotopic (exact) mass is 502 g/mol. The van der Waals surface area contributed by atoms with Crippen LogP contribution in [-0.2, 0) is 6.42 Å². The van der Waals surface area contributed by atoms with Crippen LogP contribution in [0.3, 0.4) is 0 Å². The minimum atomic E-state index is -0.609. The third kappa shape index (κ3) is 6.28. The van der Waals surface area contributed by atoms with Gasteiger partial charge in [0.1, 0.15) is 11.4 Å². The van der Waals surface area contributed by atoms with Crippen molar-refractivity contribution in [2.75, 3.05) is 12.3 Å². The summed E-state index contributed by atoms with van der Waals surface area (Å²) in [5.74, 6) is 0.294. The average Bonchev–Trinajstić information content (AvgIpc) is 3.30. The van der Waals surface area contributed by atoms with Gasteiger partial charge < -0.3 is 30.4 Å². The van der Waals surface area contributed by atoms with Crippen LogP contribution < -0.4 is 15.8 Å². The predicted octanol–water partition coefficient (Wildman–Crippen LogP) is 4.15. The number of aliphatic hydroxyl groups is 2. The predicted molar refractivity (Wildman–Crippen MR) is 145 cm³/mol. The number of anilines is 1. The molecule has 8 nitrogen and oxygen atoms in total. The number of carbonyl (C=O) groups excluding carboxylic acids is 1. The molecule has 0 spiro atoms. The number of hydrogen-bond donors (Lipinski definition) is 4. The third-order valence-electron chi connectivity index (χ3n) is 6.14. The summed E-state index contributed by atoms with van der Waals surface area (Å²) in [6, 6.07) is 16.5. The van der Waals surface area contributed by atoms with Crippen molar-refractivity contribution in [1.29, 1.82) is 0 Å². The number of aromatic nitrogens is 2. The molecular formula is C29H34N4O4. The molecule has 1 amide bonds. The van der Waals surface area contributed by atoms with Gasteiger partial charge in [-0.05, 0) is 63.4 Å². The maximum absolute atomic E-state index is 12.9. The Morgan fingerprint density at radius 2 is 1.89 bits per heavy atom. The van der Waals surface area contributed by atoms with E-state index in [0.717, 1.165) is 28.0 Å². The van der Waals surface area contributed by atoms with E-state index in [2.05, 4.69) is 5.32 Å². The van der Waals surface area contributed by atoms with Crippen LogP contribution in [0.25, 0.3) is 16.9 Å². The lowest BCUT2D eigenvalue weighted by atomic mass is 10.0. The zero-order valence-electron chi connectivity index (χ0n) is 21.4. The topological polar surface area (TPSA) is 122 Å². The minimum Gasteiger partial charge on any atom is -0.489 e. The van der Waals surface area contributed by atoms with Crippen LogP contribution in [-0.4, -0.2) is 44.3 Å². The van der Waals surface area contributed by atoms with E-state index < -0.39 is 6.10 Å². The van der Waals surface area contributed by atoms with Crippen molar-refractivity contribution in [2.45, 2.75) is 51.9 Å². The zero-order chi connectivity index (χ0) is 26.5. The molecule has 4 aromatic rings. The number of nitrogens with one attached hydrogen (secondary N) is 1. The number of rotatable bonds is 10. The van der Waals surface area contributed by atoms with Crippen LogP contribution in [0, 0.1) is 0 Å². The van der Waals surface area contributed by atoms with Gasteiger partial charge in [0.15, 0.2) is 0 Å². The molecule has 0 aliphatic heterocycles. The van der Waals surface area contributed by atoms with Crippen LogP contribution in [0.1, 0.15) is 54.8 Å². The van der Waals surface area contributed by atoms with Crippen molar-refractivity contribution >= 4 is 17.2 Å². The van der Waals surface area contributed by atoms with Gasteiger partial charge in [-0.3, -0.25) is 4.79 Å². The standard InChI is InChI=1S/C29H34N4O4/c1-18(2)37-27-11-10-22(16-25(27)30)29(36)31-23(12-14-34)15-20-6-8-21(9-7-20)26-17-33-13-4-5-24(19(3)35)28(33)32-26/h4-11,13,16-19,23,34-35H,12,14-15,30H2,1-3H3,(H,31,36)/t19-,23-/m1/s1. The average molecular weight is 503 g/mol. The van der Waals surface area contributed by atoms with E-state index in [9.17, 15) is 15.0 Å². The minimum absolute atomic E-state index is 0.0169. The first kappa shape index (κ1) is 26.2. The first-order valence-corrected chi connectivity index (χ1v) is 12.5. The molecule has 0 unspecified atom stereocenters. The summed E-state index contributed by atoms with van der Waals surface area (Å²) in [5.41, 5.74) is 11.2. The summed E-state index contributed by atoms with van der Waals surface area (Å²) >= 11 is 0. The Morgan fingerprint density at radius 3 is 2.54 bits per heavy atom. The third-order valence-corrected chi connectivity index (χ3v) is 6.14. The summed E-state index contributed by atoms with van der Waals surface area (Å²) in [7, 11) is 0. The lowest BCUT2D eigenvalue weighted by Gasteiger charge is -2.19. The Hall–Kier alpha value is -3.88. The van der Waals surface area contributed by atoms with Gasteiger partial charge in [0, 0.05) is 41.7 Å². The highest BCUT2D eigenvalue weighted by Gasteiger charge is 2.17. The summed E-state index contributed by atoms with van der Waals surface area (Å²) in [5, 5.41) is 22.6. The Balaban J connectivity index is 1.46. The molecule has 5 N–H and O–H groups in total. The largest absolute Gasteiger partial charge is 0.489 e. The second-order valence-electron chi connectivity index (χ2n) is 9.50. The highest BCUT2D eigenvalue weighted by Crippen LogP contribution is 2.25. The van der Waals surface area contributed by atoms with Gasteiger partial charge in [-0.15, -0.1) is 0 Å². The highest BCUT2D eigenvalue weighted by atomic mass is 16.5. The Kier molecular flexibility index (Phi) is 8.11. The number of fused-ring (bicyclic) bond motifs is 1. The Morgan fingerprint density at radius 1 is 1.14 bits per heavy atom. The molecule has 0 saturated carbocycles. The first-order chi connectivity index (χ1) is 17.7. The van der Waals surface area contributed by atoms with Gasteiger partial charge >= 0.3 is 0 Å². The van der Waals surface area contributed by atoms with E-state index in [1.54, 1.807) is 25.1 Å². The van der Waals surface area contributed by atoms with Crippen molar-refractivity contribution in [3.05, 3.63) is 83.7 Å². The van der Waals surface area contributed by atoms with Crippen molar-refractivity contribution in [2.24, 2.45) is 0 Å². The normalized spacial score (nSPS) is 13.0. The van der Waals surface area contributed by atoms with Gasteiger partial charge in [-0.2, -0.15) is 0 Å². The number of carbonyl (C=O) groups is 1. The molecule has 2 heterocycles. The second-order valence-corrected chi connectivity index (χ2v) is 9.50. The van der Waals surface area contributed by atoms with Crippen LogP contribution in [0.2, 0.25) is 0 Å². The number of nitrogen functional groups attached to an aromatic ring is 1. The van der Waals surface area contributed by atoms with Gasteiger partial charge in [0.05, 0.1) is 23.6 Å². The van der Waals surface area contributed by atoms with Crippen LogP contribution in [0.4, 0.5) is 5.69 Å². The molecule has 2 atom stereocenters. The van der Waals surface area contributed by atoms with E-state index in [1.807, 2.05) is 67.0 Å². The molecule has 0 saturated heterocycles. The number of benzene rings is 2. The molecule has 0 aliphatic carbocycles. The van der Waals surface area contributed by atoms with Gasteiger partial charge in [0.2, 0.25) is 0 Å². The molecule has 0 bridgehead atoms. The van der Waals surface area contributed by atoms with Crippen LogP contribution in [0.5, 0.6) is 5.75 Å². The van der Waals surface area contributed by atoms with E-state index in [-0.39, 0.29) is 24.7 Å². The molecule has 2 aromatic carbocycles. The first-order valence-electron chi connectivity index (χ1n) is 12.5. The maximum atomic E-state index is 12.9. The van der Waals surface area contributed by atoms with E-state index >= 15 is 0 Å². The van der Waals surface area contributed by atoms with Crippen molar-refractivity contribution < 1.29 is 19.7 Å². The van der Waals surface area contributed by atoms with Crippen molar-refractivity contribution in [3.8, 4) is 17.0 Å². The second kappa shape index (κ2) is 11.5. The summed E-state index contributed by atoms with van der Waals surface area (Å²) < 4.78 is 7.56. The number of pyridine rings is 1. The molecule has 37 heavy (non-hydrogen) atoms. The van der Waals surface area contributed by atoms with E-state index in [0.29, 0.717) is 29.8 Å². The fourth-order valence-corrected chi connectivity index (χ4v) is 4.30. The van der Waals surface area contributed by atoms with Gasteiger partial charge in [-0.25, -0.2) is 4.98 Å². The van der Waals surface area contributed by atoms with E-state index in [1.165, 1.54) is 0 Å². The quantitative estimate of drug-likeness (QED) is 0.242. The van der Waals surface area contributed by atoms with E-state index in [4.69, 9.17) is 15.5 Å². The maximum Gasteiger partial charge on any atom is 0.251 e. The van der Waals surface area contributed by atoms with Crippen LogP contribution in [0.15, 0.2) is 67.0 Å². The number of nitrogens with two attached hydrogens (primary N) is 1. The van der Waals surface area contributed by atoms with Gasteiger partial charge in [-0.1, -0.05) is 30.3 Å². The number of hydrogen-bond acceptors (Lipinski definition) is 6. The fourth-order valence-electron chi connectivity index (χ4n) is 4.30. The summed E-state index contributed by atoms with van der Waals surface area (Å²) in [6.45, 7) is 5.51. The zero-order valence-corrected chi connectivity index (χ0v) is 21.4. The SMILES string of the molecule is CC(C)Oc1ccc(C(=O)N[C@H](CCO)Cc2ccc(-c3cn4cccc([C@@H](C)O)c4n3)cc2)cc1N. The number of nitrogens with zero attached hydrogens (tertiary/aromatic N) is 2. The Bertz CT molecular complexity index is 1360. The molecule has 0 fully saturated rings. The van der Waals surface area contributed by atoms with Crippen molar-refractivity contribution in [1.82, 2.24) is 14.7 Å². The molecule has 8 heteroatoms. The number of amides is 1. The molecule has 2 aromatic heterocycles. The molecular weight excluding hydrogens is 468 g/mol. The smallest absolute Gasteiger partial charge is 0.251 e. The molecule has 194 valence electrons. The van der Waals surface area contributed by atoms with Gasteiger partial charge in [0.25, 0.3) is 5.91 Å². The Labute approximate surface area is 216 Å². The summed E-state index contributed by atoms with van der Waals surface area (Å²) in [4.78, 5) is 17.6. The highest BCUT2D eigenvalue weighted by molar-refractivity contribution is 5.95. The summed E-state index contributed by atoms with van der Waals surface area (Å²) in [6.07, 6.45) is 4.21. The molecule has 0 aliphatic rings. The number of imidazole rings is 1. The fraction of sp³-hybridized carbons (Fsp3) is 0.310.